The van der Waals surface area contributed by atoms with Crippen LogP contribution in [0, 0.1) is 0 Å². The van der Waals surface area contributed by atoms with Crippen molar-refractivity contribution in [3.63, 3.8) is 0 Å². The lowest BCUT2D eigenvalue weighted by molar-refractivity contribution is -0.121. The number of amides is 3. The van der Waals surface area contributed by atoms with E-state index < -0.39 is 11.8 Å². The molecular formula is C22H23N3O4. The lowest BCUT2D eigenvalue weighted by Gasteiger charge is -2.33. The highest BCUT2D eigenvalue weighted by Crippen LogP contribution is 2.22. The molecule has 0 radical (unpaired) electrons. The second kappa shape index (κ2) is 8.55. The molecule has 4 rings (SSSR count). The van der Waals surface area contributed by atoms with Gasteiger partial charge in [-0.05, 0) is 17.7 Å². The van der Waals surface area contributed by atoms with Crippen LogP contribution < -0.4 is 5.32 Å². The van der Waals surface area contributed by atoms with Crippen LogP contribution in [0.5, 0.6) is 0 Å². The van der Waals surface area contributed by atoms with Crippen LogP contribution in [0.2, 0.25) is 0 Å². The molecule has 150 valence electrons. The quantitative estimate of drug-likeness (QED) is 0.752. The van der Waals surface area contributed by atoms with Gasteiger partial charge in [0.1, 0.15) is 6.54 Å². The fourth-order valence-electron chi connectivity index (χ4n) is 3.71. The fraction of sp³-hybridized carbons (Fsp3) is 0.318. The van der Waals surface area contributed by atoms with E-state index in [1.807, 2.05) is 18.2 Å². The number of nitrogens with zero attached hydrogens (tertiary/aromatic N) is 2. The van der Waals surface area contributed by atoms with Gasteiger partial charge in [-0.2, -0.15) is 0 Å². The number of hydrogen-bond donors (Lipinski definition) is 1. The second-order valence-electron chi connectivity index (χ2n) is 7.16. The number of benzene rings is 2. The van der Waals surface area contributed by atoms with Gasteiger partial charge in [0.2, 0.25) is 5.91 Å². The third-order valence-corrected chi connectivity index (χ3v) is 5.25. The van der Waals surface area contributed by atoms with Gasteiger partial charge >= 0.3 is 0 Å². The van der Waals surface area contributed by atoms with E-state index in [-0.39, 0.29) is 18.6 Å². The molecule has 7 nitrogen and oxygen atoms in total. The summed E-state index contributed by atoms with van der Waals surface area (Å²) in [6, 6.07) is 16.7. The van der Waals surface area contributed by atoms with Gasteiger partial charge in [0.05, 0.1) is 23.8 Å². The summed E-state index contributed by atoms with van der Waals surface area (Å²) in [5, 5.41) is 2.81. The molecule has 2 aliphatic rings. The molecule has 1 N–H and O–H groups in total. The maximum atomic E-state index is 12.3. The Labute approximate surface area is 169 Å². The molecule has 7 heteroatoms. The van der Waals surface area contributed by atoms with Crippen LogP contribution in [0.4, 0.5) is 0 Å². The van der Waals surface area contributed by atoms with Crippen molar-refractivity contribution >= 4 is 17.7 Å². The Kier molecular flexibility index (Phi) is 5.69. The number of rotatable bonds is 6. The summed E-state index contributed by atoms with van der Waals surface area (Å²) in [6.07, 6.45) is 0.0269. The maximum Gasteiger partial charge on any atom is 0.262 e. The molecule has 2 aromatic carbocycles. The summed E-state index contributed by atoms with van der Waals surface area (Å²) >= 11 is 0. The minimum atomic E-state index is -0.417. The molecule has 0 aliphatic carbocycles. The molecule has 0 unspecified atom stereocenters. The van der Waals surface area contributed by atoms with Crippen molar-refractivity contribution in [3.05, 3.63) is 71.3 Å². The van der Waals surface area contributed by atoms with Crippen molar-refractivity contribution in [2.24, 2.45) is 0 Å². The van der Waals surface area contributed by atoms with Crippen LogP contribution in [0.3, 0.4) is 0 Å². The Morgan fingerprint density at radius 1 is 1.00 bits per heavy atom. The lowest BCUT2D eigenvalue weighted by atomic mass is 10.1. The zero-order valence-electron chi connectivity index (χ0n) is 16.0. The number of hydrogen-bond acceptors (Lipinski definition) is 5. The smallest absolute Gasteiger partial charge is 0.262 e. The molecule has 29 heavy (non-hydrogen) atoms. The number of carbonyl (C=O) groups excluding carboxylic acids is 3. The molecule has 3 amide bonds. The highest BCUT2D eigenvalue weighted by atomic mass is 16.5. The minimum Gasteiger partial charge on any atom is -0.371 e. The van der Waals surface area contributed by atoms with E-state index in [4.69, 9.17) is 4.74 Å². The average molecular weight is 393 g/mol. The van der Waals surface area contributed by atoms with E-state index in [2.05, 4.69) is 22.3 Å². The van der Waals surface area contributed by atoms with Gasteiger partial charge in [0, 0.05) is 26.2 Å². The molecule has 0 spiro atoms. The molecule has 1 atom stereocenters. The minimum absolute atomic E-state index is 0.0269. The van der Waals surface area contributed by atoms with Crippen molar-refractivity contribution < 1.29 is 19.1 Å². The fourth-order valence-corrected chi connectivity index (χ4v) is 3.71. The van der Waals surface area contributed by atoms with E-state index in [9.17, 15) is 14.4 Å². The molecule has 0 saturated carbocycles. The van der Waals surface area contributed by atoms with Crippen LogP contribution in [-0.2, 0) is 9.53 Å². The van der Waals surface area contributed by atoms with Gasteiger partial charge in [-0.15, -0.1) is 0 Å². The highest BCUT2D eigenvalue weighted by Gasteiger charge is 2.36. The van der Waals surface area contributed by atoms with Gasteiger partial charge < -0.3 is 10.1 Å². The summed E-state index contributed by atoms with van der Waals surface area (Å²) < 4.78 is 5.85. The van der Waals surface area contributed by atoms with Crippen molar-refractivity contribution in [1.29, 1.82) is 0 Å². The van der Waals surface area contributed by atoms with Crippen molar-refractivity contribution in [1.82, 2.24) is 15.1 Å². The molecule has 1 saturated heterocycles. The summed E-state index contributed by atoms with van der Waals surface area (Å²) in [5.74, 6) is -1.17. The first kappa shape index (κ1) is 19.3. The monoisotopic (exact) mass is 393 g/mol. The van der Waals surface area contributed by atoms with E-state index in [1.54, 1.807) is 24.3 Å². The summed E-state index contributed by atoms with van der Waals surface area (Å²) in [6.45, 7) is 3.07. The maximum absolute atomic E-state index is 12.3. The molecule has 0 bridgehead atoms. The van der Waals surface area contributed by atoms with Gasteiger partial charge in [-0.25, -0.2) is 0 Å². The van der Waals surface area contributed by atoms with E-state index in [0.717, 1.165) is 23.6 Å². The standard InChI is InChI=1S/C22H23N3O4/c26-20(15-25-21(27)17-8-4-5-9-18(17)22(25)28)23-10-11-24-12-13-29-19(14-24)16-6-2-1-3-7-16/h1-9,19H,10-15H2,(H,23,26)/t19-/m0/s1. The molecule has 1 fully saturated rings. The number of ether oxygens (including phenoxy) is 1. The summed E-state index contributed by atoms with van der Waals surface area (Å²) in [5.41, 5.74) is 1.85. The second-order valence-corrected chi connectivity index (χ2v) is 7.16. The Bertz CT molecular complexity index is 880. The lowest BCUT2D eigenvalue weighted by Crippen LogP contribution is -2.45. The zero-order valence-corrected chi connectivity index (χ0v) is 16.0. The van der Waals surface area contributed by atoms with E-state index in [0.29, 0.717) is 30.8 Å². The van der Waals surface area contributed by atoms with Crippen molar-refractivity contribution in [2.45, 2.75) is 6.10 Å². The first-order valence-corrected chi connectivity index (χ1v) is 9.74. The van der Waals surface area contributed by atoms with Crippen LogP contribution >= 0.6 is 0 Å². The third-order valence-electron chi connectivity index (χ3n) is 5.25. The van der Waals surface area contributed by atoms with Crippen LogP contribution in [0.25, 0.3) is 0 Å². The summed E-state index contributed by atoms with van der Waals surface area (Å²) in [4.78, 5) is 40.2. The summed E-state index contributed by atoms with van der Waals surface area (Å²) in [7, 11) is 0. The molecule has 2 aromatic rings. The number of morpholine rings is 1. The Morgan fingerprint density at radius 3 is 2.34 bits per heavy atom. The SMILES string of the molecule is O=C(CN1C(=O)c2ccccc2C1=O)NCCN1CCO[C@H](c2ccccc2)C1. The first-order valence-electron chi connectivity index (χ1n) is 9.74. The van der Waals surface area contributed by atoms with Crippen LogP contribution in [-0.4, -0.2) is 66.9 Å². The number of fused-ring (bicyclic) bond motifs is 1. The number of carbonyl (C=O) groups is 3. The van der Waals surface area contributed by atoms with Crippen LogP contribution in [0.15, 0.2) is 54.6 Å². The Morgan fingerprint density at radius 2 is 1.66 bits per heavy atom. The number of imide groups is 1. The molecule has 2 heterocycles. The largest absolute Gasteiger partial charge is 0.371 e. The van der Waals surface area contributed by atoms with Gasteiger partial charge in [0.15, 0.2) is 0 Å². The Balaban J connectivity index is 1.24. The molecule has 2 aliphatic heterocycles. The van der Waals surface area contributed by atoms with Crippen molar-refractivity contribution in [3.8, 4) is 0 Å². The number of nitrogens with one attached hydrogen (secondary N) is 1. The van der Waals surface area contributed by atoms with Crippen molar-refractivity contribution in [2.75, 3.05) is 39.3 Å². The van der Waals surface area contributed by atoms with Gasteiger partial charge in [-0.1, -0.05) is 42.5 Å². The normalized spacial score (nSPS) is 19.3. The zero-order chi connectivity index (χ0) is 20.2. The topological polar surface area (TPSA) is 79.0 Å². The molecular weight excluding hydrogens is 370 g/mol. The third kappa shape index (κ3) is 4.21. The Hall–Kier alpha value is -3.03. The predicted molar refractivity (Wildman–Crippen MR) is 106 cm³/mol. The van der Waals surface area contributed by atoms with Crippen LogP contribution in [0.1, 0.15) is 32.4 Å². The van der Waals surface area contributed by atoms with Gasteiger partial charge in [0.25, 0.3) is 11.8 Å². The van der Waals surface area contributed by atoms with E-state index in [1.165, 1.54) is 0 Å². The highest BCUT2D eigenvalue weighted by molar-refractivity contribution is 6.22. The van der Waals surface area contributed by atoms with Gasteiger partial charge in [-0.3, -0.25) is 24.2 Å². The average Bonchev–Trinajstić information content (AvgIpc) is 3.00. The predicted octanol–water partition coefficient (Wildman–Crippen LogP) is 1.47. The molecule has 0 aromatic heterocycles. The first-order chi connectivity index (χ1) is 14.1. The van der Waals surface area contributed by atoms with E-state index >= 15 is 0 Å².